The predicted molar refractivity (Wildman–Crippen MR) is 69.5 cm³/mol. The third-order valence-corrected chi connectivity index (χ3v) is 2.47. The van der Waals surface area contributed by atoms with Crippen LogP contribution in [0, 0.1) is 11.3 Å². The first kappa shape index (κ1) is 14.7. The molecule has 0 aliphatic heterocycles. The molecule has 0 heterocycles. The van der Waals surface area contributed by atoms with Crippen molar-refractivity contribution in [2.45, 2.75) is 6.92 Å². The quantitative estimate of drug-likeness (QED) is 0.793. The minimum Gasteiger partial charge on any atom is -0.480 e. The van der Waals surface area contributed by atoms with E-state index in [1.807, 2.05) is 6.07 Å². The van der Waals surface area contributed by atoms with Gasteiger partial charge in [-0.3, -0.25) is 14.5 Å². The Morgan fingerprint density at radius 1 is 1.32 bits per heavy atom. The summed E-state index contributed by atoms with van der Waals surface area (Å²) >= 11 is 0. The maximum Gasteiger partial charge on any atom is 0.317 e. The SMILES string of the molecule is CCN(CC(=O)O)CC(=O)Nc1ccc(C#N)cc1. The van der Waals surface area contributed by atoms with Crippen molar-refractivity contribution in [2.75, 3.05) is 25.0 Å². The fourth-order valence-electron chi connectivity index (χ4n) is 1.50. The largest absolute Gasteiger partial charge is 0.480 e. The van der Waals surface area contributed by atoms with E-state index < -0.39 is 5.97 Å². The normalized spacial score (nSPS) is 9.95. The van der Waals surface area contributed by atoms with E-state index in [1.165, 1.54) is 4.90 Å². The number of carboxylic acid groups (broad SMARTS) is 1. The highest BCUT2D eigenvalue weighted by atomic mass is 16.4. The molecule has 100 valence electrons. The number of rotatable bonds is 6. The van der Waals surface area contributed by atoms with Crippen LogP contribution in [0.3, 0.4) is 0 Å². The Kier molecular flexibility index (Phi) is 5.51. The molecular weight excluding hydrogens is 246 g/mol. The Morgan fingerprint density at radius 2 is 1.95 bits per heavy atom. The number of carboxylic acids is 1. The van der Waals surface area contributed by atoms with Gasteiger partial charge in [-0.15, -0.1) is 0 Å². The van der Waals surface area contributed by atoms with Gasteiger partial charge in [0.05, 0.1) is 24.7 Å². The first-order valence-corrected chi connectivity index (χ1v) is 5.79. The number of amides is 1. The second-order valence-corrected chi connectivity index (χ2v) is 3.93. The van der Waals surface area contributed by atoms with Gasteiger partial charge in [0.1, 0.15) is 0 Å². The van der Waals surface area contributed by atoms with Crippen molar-refractivity contribution in [3.05, 3.63) is 29.8 Å². The summed E-state index contributed by atoms with van der Waals surface area (Å²) in [7, 11) is 0. The number of carbonyl (C=O) groups is 2. The Hall–Kier alpha value is -2.39. The maximum absolute atomic E-state index is 11.7. The lowest BCUT2D eigenvalue weighted by atomic mass is 10.2. The van der Waals surface area contributed by atoms with Gasteiger partial charge in [-0.1, -0.05) is 6.92 Å². The molecule has 0 aliphatic rings. The highest BCUT2D eigenvalue weighted by Crippen LogP contribution is 2.08. The van der Waals surface area contributed by atoms with Gasteiger partial charge in [-0.2, -0.15) is 5.26 Å². The summed E-state index contributed by atoms with van der Waals surface area (Å²) in [4.78, 5) is 23.8. The minimum atomic E-state index is -0.965. The Balaban J connectivity index is 2.54. The van der Waals surface area contributed by atoms with Crippen molar-refractivity contribution in [2.24, 2.45) is 0 Å². The number of nitriles is 1. The lowest BCUT2D eigenvalue weighted by Crippen LogP contribution is -2.36. The number of likely N-dealkylation sites (N-methyl/N-ethyl adjacent to an activating group) is 1. The van der Waals surface area contributed by atoms with E-state index in [-0.39, 0.29) is 19.0 Å². The molecule has 1 amide bonds. The summed E-state index contributed by atoms with van der Waals surface area (Å²) < 4.78 is 0. The highest BCUT2D eigenvalue weighted by molar-refractivity contribution is 5.92. The molecule has 19 heavy (non-hydrogen) atoms. The average molecular weight is 261 g/mol. The van der Waals surface area contributed by atoms with E-state index in [4.69, 9.17) is 10.4 Å². The van der Waals surface area contributed by atoms with Crippen molar-refractivity contribution in [3.8, 4) is 6.07 Å². The molecule has 0 saturated carbocycles. The molecule has 0 atom stereocenters. The summed E-state index contributed by atoms with van der Waals surface area (Å²) in [6, 6.07) is 8.45. The van der Waals surface area contributed by atoms with E-state index in [0.717, 1.165) is 0 Å². The Labute approximate surface area is 111 Å². The number of anilines is 1. The van der Waals surface area contributed by atoms with Crippen LogP contribution < -0.4 is 5.32 Å². The van der Waals surface area contributed by atoms with Crippen molar-refractivity contribution in [1.29, 1.82) is 5.26 Å². The standard InChI is InChI=1S/C13H15N3O3/c1-2-16(9-13(18)19)8-12(17)15-11-5-3-10(7-14)4-6-11/h3-6H,2,8-9H2,1H3,(H,15,17)(H,18,19). The second-order valence-electron chi connectivity index (χ2n) is 3.93. The first-order chi connectivity index (χ1) is 9.05. The van der Waals surface area contributed by atoms with Crippen LogP contribution in [0.4, 0.5) is 5.69 Å². The van der Waals surface area contributed by atoms with Crippen LogP contribution in [0.15, 0.2) is 24.3 Å². The molecule has 6 nitrogen and oxygen atoms in total. The van der Waals surface area contributed by atoms with Gasteiger partial charge in [-0.25, -0.2) is 0 Å². The number of benzene rings is 1. The molecule has 0 fully saturated rings. The third kappa shape index (κ3) is 5.19. The zero-order chi connectivity index (χ0) is 14.3. The summed E-state index contributed by atoms with van der Waals surface area (Å²) in [6.07, 6.45) is 0. The number of hydrogen-bond acceptors (Lipinski definition) is 4. The second kappa shape index (κ2) is 7.13. The Morgan fingerprint density at radius 3 is 2.42 bits per heavy atom. The topological polar surface area (TPSA) is 93.4 Å². The van der Waals surface area contributed by atoms with Crippen LogP contribution in [0.1, 0.15) is 12.5 Å². The molecule has 0 aliphatic carbocycles. The van der Waals surface area contributed by atoms with Gasteiger partial charge < -0.3 is 10.4 Å². The fourth-order valence-corrected chi connectivity index (χ4v) is 1.50. The van der Waals surface area contributed by atoms with E-state index in [1.54, 1.807) is 31.2 Å². The number of nitrogens with one attached hydrogen (secondary N) is 1. The van der Waals surface area contributed by atoms with Gasteiger partial charge in [0.2, 0.25) is 5.91 Å². The van der Waals surface area contributed by atoms with Gasteiger partial charge in [0, 0.05) is 5.69 Å². The van der Waals surface area contributed by atoms with E-state index in [0.29, 0.717) is 17.8 Å². The maximum atomic E-state index is 11.7. The zero-order valence-electron chi connectivity index (χ0n) is 10.6. The summed E-state index contributed by atoms with van der Waals surface area (Å²) in [5.41, 5.74) is 1.09. The van der Waals surface area contributed by atoms with Crippen LogP contribution in [0.2, 0.25) is 0 Å². The molecule has 0 saturated heterocycles. The van der Waals surface area contributed by atoms with E-state index in [2.05, 4.69) is 5.32 Å². The molecule has 2 N–H and O–H groups in total. The molecule has 1 aromatic rings. The molecule has 0 radical (unpaired) electrons. The monoisotopic (exact) mass is 261 g/mol. The summed E-state index contributed by atoms with van der Waals surface area (Å²) in [6.45, 7) is 2.12. The number of carbonyl (C=O) groups excluding carboxylic acids is 1. The molecule has 1 rings (SSSR count). The van der Waals surface area contributed by atoms with Gasteiger partial charge in [0.15, 0.2) is 0 Å². The predicted octanol–water partition coefficient (Wildman–Crippen LogP) is 0.903. The average Bonchev–Trinajstić information content (AvgIpc) is 2.38. The molecule has 0 bridgehead atoms. The Bertz CT molecular complexity index is 491. The first-order valence-electron chi connectivity index (χ1n) is 5.79. The number of aliphatic carboxylic acids is 1. The lowest BCUT2D eigenvalue weighted by Gasteiger charge is -2.17. The van der Waals surface area contributed by atoms with Crippen LogP contribution in [0.25, 0.3) is 0 Å². The van der Waals surface area contributed by atoms with Crippen LogP contribution in [-0.2, 0) is 9.59 Å². The van der Waals surface area contributed by atoms with Crippen molar-refractivity contribution < 1.29 is 14.7 Å². The zero-order valence-corrected chi connectivity index (χ0v) is 10.6. The molecule has 0 aromatic heterocycles. The van der Waals surface area contributed by atoms with Crippen LogP contribution in [-0.4, -0.2) is 41.5 Å². The van der Waals surface area contributed by atoms with Gasteiger partial charge in [-0.05, 0) is 30.8 Å². The summed E-state index contributed by atoms with van der Waals surface area (Å²) in [5, 5.41) is 20.0. The minimum absolute atomic E-state index is 0.0167. The highest BCUT2D eigenvalue weighted by Gasteiger charge is 2.12. The smallest absolute Gasteiger partial charge is 0.317 e. The van der Waals surface area contributed by atoms with Gasteiger partial charge in [0.25, 0.3) is 0 Å². The van der Waals surface area contributed by atoms with Crippen molar-refractivity contribution in [3.63, 3.8) is 0 Å². The molecule has 0 spiro atoms. The van der Waals surface area contributed by atoms with E-state index in [9.17, 15) is 9.59 Å². The molecule has 1 aromatic carbocycles. The van der Waals surface area contributed by atoms with E-state index >= 15 is 0 Å². The summed E-state index contributed by atoms with van der Waals surface area (Å²) in [5.74, 6) is -1.25. The lowest BCUT2D eigenvalue weighted by molar-refractivity contribution is -0.138. The van der Waals surface area contributed by atoms with Crippen molar-refractivity contribution >= 4 is 17.6 Å². The third-order valence-electron chi connectivity index (χ3n) is 2.47. The van der Waals surface area contributed by atoms with Crippen LogP contribution >= 0.6 is 0 Å². The van der Waals surface area contributed by atoms with Gasteiger partial charge >= 0.3 is 5.97 Å². The molecular formula is C13H15N3O3. The van der Waals surface area contributed by atoms with Crippen LogP contribution in [0.5, 0.6) is 0 Å². The molecule has 0 unspecified atom stereocenters. The van der Waals surface area contributed by atoms with Crippen molar-refractivity contribution in [1.82, 2.24) is 4.90 Å². The fraction of sp³-hybridized carbons (Fsp3) is 0.308. The molecule has 6 heteroatoms. The number of nitrogens with zero attached hydrogens (tertiary/aromatic N) is 2. The number of hydrogen-bond donors (Lipinski definition) is 2.